The highest BCUT2D eigenvalue weighted by molar-refractivity contribution is 5.01. The summed E-state index contributed by atoms with van der Waals surface area (Å²) in [5.74, 6) is -2.43. The molecule has 34 heavy (non-hydrogen) atoms. The van der Waals surface area contributed by atoms with Crippen molar-refractivity contribution in [2.45, 2.75) is 85.5 Å². The number of hydrogen-bond donors (Lipinski definition) is 11. The summed E-state index contributed by atoms with van der Waals surface area (Å²) in [4.78, 5) is 0. The molecule has 0 saturated carbocycles. The van der Waals surface area contributed by atoms with Crippen LogP contribution in [-0.2, 0) is 23.7 Å². The highest BCUT2D eigenvalue weighted by Crippen LogP contribution is 2.39. The normalized spacial score (nSPS) is 52.1. The monoisotopic (exact) mass is 504 g/mol. The molecule has 0 radical (unpaired) electrons. The summed E-state index contributed by atoms with van der Waals surface area (Å²) in [6.07, 6.45) is -22.3. The van der Waals surface area contributed by atoms with Crippen molar-refractivity contribution in [2.24, 2.45) is 0 Å². The van der Waals surface area contributed by atoms with Gasteiger partial charge in [-0.15, -0.1) is 0 Å². The first-order valence-corrected chi connectivity index (χ1v) is 10.6. The first-order chi connectivity index (χ1) is 16.0. The molecule has 3 rings (SSSR count). The van der Waals surface area contributed by atoms with Crippen LogP contribution in [0.2, 0.25) is 0 Å². The Morgan fingerprint density at radius 1 is 0.559 bits per heavy atom. The molecule has 0 aliphatic carbocycles. The van der Waals surface area contributed by atoms with Crippen molar-refractivity contribution in [3.8, 4) is 0 Å². The molecule has 0 aromatic carbocycles. The molecule has 3 heterocycles. The van der Waals surface area contributed by atoms with Crippen molar-refractivity contribution >= 4 is 0 Å². The van der Waals surface area contributed by atoms with E-state index in [2.05, 4.69) is 0 Å². The Labute approximate surface area is 192 Å². The lowest BCUT2D eigenvalue weighted by atomic mass is 9.98. The Hall–Kier alpha value is -0.640. The number of aliphatic hydroxyl groups excluding tert-OH is 11. The molecule has 200 valence electrons. The van der Waals surface area contributed by atoms with E-state index in [-0.39, 0.29) is 0 Å². The Balaban J connectivity index is 1.87. The standard InChI is InChI=1S/C18H32O16/c19-1-5-8(23)11(26)13(28)16(30-5)32-15-10(25)7(3-21)33-18(15,4-22)34-17-14(29)12(27)9(24)6(2-20)31-17/h5-17,19-29H,1-4H2/t5?,6?,7?,8?,9?,10?,11?,12?,13?,14?,15?,16-,17?,18+/m1/s1. The van der Waals surface area contributed by atoms with Crippen molar-refractivity contribution in [1.29, 1.82) is 0 Å². The Morgan fingerprint density at radius 2 is 1.03 bits per heavy atom. The number of hydrogen-bond acceptors (Lipinski definition) is 16. The van der Waals surface area contributed by atoms with Crippen molar-refractivity contribution in [1.82, 2.24) is 0 Å². The van der Waals surface area contributed by atoms with Crippen molar-refractivity contribution in [3.05, 3.63) is 0 Å². The van der Waals surface area contributed by atoms with Gasteiger partial charge < -0.3 is 79.9 Å². The smallest absolute Gasteiger partial charge is 0.224 e. The van der Waals surface area contributed by atoms with Crippen molar-refractivity contribution in [3.63, 3.8) is 0 Å². The van der Waals surface area contributed by atoms with Gasteiger partial charge in [-0.05, 0) is 0 Å². The molecule has 0 aromatic heterocycles. The van der Waals surface area contributed by atoms with E-state index in [9.17, 15) is 56.2 Å². The second-order valence-electron chi connectivity index (χ2n) is 8.37. The largest absolute Gasteiger partial charge is 0.394 e. The van der Waals surface area contributed by atoms with Crippen LogP contribution in [0.25, 0.3) is 0 Å². The molecular weight excluding hydrogens is 472 g/mol. The second-order valence-corrected chi connectivity index (χ2v) is 8.37. The van der Waals surface area contributed by atoms with Gasteiger partial charge >= 0.3 is 0 Å². The molecule has 3 aliphatic rings. The van der Waals surface area contributed by atoms with E-state index >= 15 is 0 Å². The van der Waals surface area contributed by atoms with Crippen LogP contribution in [0.5, 0.6) is 0 Å². The second kappa shape index (κ2) is 11.2. The topological polar surface area (TPSA) is 269 Å². The average molecular weight is 504 g/mol. The lowest BCUT2D eigenvalue weighted by Gasteiger charge is -2.45. The predicted molar refractivity (Wildman–Crippen MR) is 101 cm³/mol. The fourth-order valence-electron chi connectivity index (χ4n) is 4.12. The van der Waals surface area contributed by atoms with Crippen LogP contribution in [0, 0.1) is 0 Å². The summed E-state index contributed by atoms with van der Waals surface area (Å²) in [7, 11) is 0. The molecule has 12 unspecified atom stereocenters. The third-order valence-electron chi connectivity index (χ3n) is 6.17. The van der Waals surface area contributed by atoms with Gasteiger partial charge in [-0.1, -0.05) is 0 Å². The number of ether oxygens (including phenoxy) is 5. The number of aliphatic hydroxyl groups is 11. The minimum Gasteiger partial charge on any atom is -0.394 e. The van der Waals surface area contributed by atoms with E-state index in [0.29, 0.717) is 0 Å². The van der Waals surface area contributed by atoms with E-state index in [0.717, 1.165) is 0 Å². The van der Waals surface area contributed by atoms with E-state index in [1.807, 2.05) is 0 Å². The van der Waals surface area contributed by atoms with E-state index in [1.54, 1.807) is 0 Å². The van der Waals surface area contributed by atoms with Crippen molar-refractivity contribution < 1.29 is 79.9 Å². The van der Waals surface area contributed by atoms with Crippen LogP contribution in [-0.4, -0.2) is 168 Å². The lowest BCUT2D eigenvalue weighted by Crippen LogP contribution is -2.64. The fourth-order valence-corrected chi connectivity index (χ4v) is 4.12. The van der Waals surface area contributed by atoms with Crippen molar-refractivity contribution in [2.75, 3.05) is 26.4 Å². The highest BCUT2D eigenvalue weighted by atomic mass is 16.8. The molecule has 0 amide bonds. The first kappa shape index (κ1) is 27.9. The Bertz CT molecular complexity index is 651. The molecule has 16 nitrogen and oxygen atoms in total. The zero-order valence-corrected chi connectivity index (χ0v) is 17.8. The van der Waals surface area contributed by atoms with E-state index in [1.165, 1.54) is 0 Å². The summed E-state index contributed by atoms with van der Waals surface area (Å²) in [6.45, 7) is -3.49. The SMILES string of the molecule is OCC1OC(O[C@]2(CO)OC(CO)C(O)C2O[C@H]2OC(CO)C(O)C(O)C2O)C(O)C(O)C1O. The molecule has 3 fully saturated rings. The molecule has 11 N–H and O–H groups in total. The summed E-state index contributed by atoms with van der Waals surface area (Å²) in [5, 5.41) is 109. The molecule has 0 spiro atoms. The van der Waals surface area contributed by atoms with Gasteiger partial charge in [0.25, 0.3) is 0 Å². The van der Waals surface area contributed by atoms with Gasteiger partial charge in [-0.3, -0.25) is 0 Å². The zero-order valence-electron chi connectivity index (χ0n) is 17.8. The van der Waals surface area contributed by atoms with Gasteiger partial charge in [0.1, 0.15) is 73.8 Å². The maximum Gasteiger partial charge on any atom is 0.224 e. The van der Waals surface area contributed by atoms with Crippen LogP contribution < -0.4 is 0 Å². The van der Waals surface area contributed by atoms with E-state index in [4.69, 9.17) is 23.7 Å². The molecule has 14 atom stereocenters. The molecule has 3 saturated heterocycles. The number of rotatable bonds is 8. The Morgan fingerprint density at radius 3 is 1.50 bits per heavy atom. The van der Waals surface area contributed by atoms with Crippen LogP contribution in [0.3, 0.4) is 0 Å². The maximum absolute atomic E-state index is 10.6. The molecule has 0 aromatic rings. The molecular formula is C18H32O16. The van der Waals surface area contributed by atoms with Crippen LogP contribution in [0.4, 0.5) is 0 Å². The maximum atomic E-state index is 10.6. The summed E-state index contributed by atoms with van der Waals surface area (Å²) >= 11 is 0. The first-order valence-electron chi connectivity index (χ1n) is 10.6. The molecule has 16 heteroatoms. The highest BCUT2D eigenvalue weighted by Gasteiger charge is 2.61. The average Bonchev–Trinajstić information content (AvgIpc) is 3.10. The lowest BCUT2D eigenvalue weighted by molar-refractivity contribution is -0.400. The minimum absolute atomic E-state index is 0.777. The minimum atomic E-state index is -2.43. The van der Waals surface area contributed by atoms with Crippen LogP contribution in [0.1, 0.15) is 0 Å². The third-order valence-corrected chi connectivity index (χ3v) is 6.17. The summed E-state index contributed by atoms with van der Waals surface area (Å²) < 4.78 is 27.0. The summed E-state index contributed by atoms with van der Waals surface area (Å²) in [6, 6.07) is 0. The van der Waals surface area contributed by atoms with Crippen LogP contribution in [0.15, 0.2) is 0 Å². The van der Waals surface area contributed by atoms with E-state index < -0.39 is 112 Å². The predicted octanol–water partition coefficient (Wildman–Crippen LogP) is -7.57. The molecule has 3 aliphatic heterocycles. The molecule has 0 bridgehead atoms. The van der Waals surface area contributed by atoms with Gasteiger partial charge in [0, 0.05) is 0 Å². The van der Waals surface area contributed by atoms with Gasteiger partial charge in [0.2, 0.25) is 5.79 Å². The van der Waals surface area contributed by atoms with Gasteiger partial charge in [-0.2, -0.15) is 0 Å². The van der Waals surface area contributed by atoms with Gasteiger partial charge in [-0.25, -0.2) is 0 Å². The van der Waals surface area contributed by atoms with Gasteiger partial charge in [0.15, 0.2) is 12.6 Å². The van der Waals surface area contributed by atoms with Crippen LogP contribution >= 0.6 is 0 Å². The quantitative estimate of drug-likeness (QED) is 0.146. The Kier molecular flexibility index (Phi) is 9.18. The fraction of sp³-hybridized carbons (Fsp3) is 1.00. The third kappa shape index (κ3) is 4.96. The zero-order chi connectivity index (χ0) is 25.4. The summed E-state index contributed by atoms with van der Waals surface area (Å²) in [5.41, 5.74) is 0. The van der Waals surface area contributed by atoms with Gasteiger partial charge in [0.05, 0.1) is 19.8 Å².